The average molecular weight is 626 g/mol. The minimum Gasteiger partial charge on any atom is -0.465 e. The van der Waals surface area contributed by atoms with E-state index in [1.165, 1.54) is 0 Å². The van der Waals surface area contributed by atoms with Crippen LogP contribution in [0.25, 0.3) is 0 Å². The summed E-state index contributed by atoms with van der Waals surface area (Å²) in [7, 11) is -0.0484. The first-order chi connectivity index (χ1) is 16.9. The Hall–Kier alpha value is -2.78. The number of methoxy groups -OCH3 is 1. The summed E-state index contributed by atoms with van der Waals surface area (Å²) in [5.41, 5.74) is -7.50. The molecule has 0 aromatic heterocycles. The lowest BCUT2D eigenvalue weighted by Gasteiger charge is -2.43. The highest BCUT2D eigenvalue weighted by atomic mass is 19.4. The first kappa shape index (κ1) is 34.2. The van der Waals surface area contributed by atoms with Crippen LogP contribution >= 0.6 is 0 Å². The smallest absolute Gasteiger partial charge is 0.460 e. The molecule has 226 valence electrons. The minimum atomic E-state index is -9.09. The second kappa shape index (κ2) is 9.13. The zero-order valence-electron chi connectivity index (χ0n) is 17.3. The molecule has 1 aromatic carbocycles. The normalized spacial score (nSPS) is 15.0. The molecule has 1 aromatic rings. The molecule has 0 atom stereocenters. The fraction of sp³-hybridized carbons (Fsp3) is 0.562. The standard InChI is InChI=1S/C16H3F21O2/c1-39-8(38)2-3(5(18)7(20)6(19)4(2)17)9(21,22)10(23,24)11(25,26)12(27,28)13(29,30)14(31,32)15(33,34)16(35,36)37/h1H3. The second-order valence-corrected chi connectivity index (χ2v) is 7.02. The maximum atomic E-state index is 14.3. The molecule has 2 nitrogen and oxygen atoms in total. The summed E-state index contributed by atoms with van der Waals surface area (Å²) in [6, 6.07) is 0. The van der Waals surface area contributed by atoms with Crippen LogP contribution in [-0.4, -0.2) is 54.8 Å². The molecule has 0 heterocycles. The van der Waals surface area contributed by atoms with Crippen LogP contribution in [0, 0.1) is 23.3 Å². The fourth-order valence-corrected chi connectivity index (χ4v) is 2.54. The Kier molecular flexibility index (Phi) is 8.02. The molecule has 0 radical (unpaired) electrons. The molecule has 0 amide bonds. The maximum absolute atomic E-state index is 14.3. The van der Waals surface area contributed by atoms with Gasteiger partial charge in [-0.2, -0.15) is 74.6 Å². The predicted octanol–water partition coefficient (Wildman–Crippen LogP) is 7.50. The van der Waals surface area contributed by atoms with Gasteiger partial charge in [0, 0.05) is 0 Å². The van der Waals surface area contributed by atoms with Crippen molar-refractivity contribution in [1.82, 2.24) is 0 Å². The zero-order chi connectivity index (χ0) is 31.7. The molecule has 0 fully saturated rings. The van der Waals surface area contributed by atoms with Gasteiger partial charge in [0.2, 0.25) is 0 Å². The van der Waals surface area contributed by atoms with Gasteiger partial charge in [0.25, 0.3) is 0 Å². The molecule has 1 rings (SSSR count). The van der Waals surface area contributed by atoms with Crippen molar-refractivity contribution >= 4 is 5.97 Å². The molecule has 0 aliphatic rings. The van der Waals surface area contributed by atoms with E-state index in [-0.39, 0.29) is 7.11 Å². The van der Waals surface area contributed by atoms with E-state index in [0.29, 0.717) is 0 Å². The number of hydrogen-bond acceptors (Lipinski definition) is 2. The van der Waals surface area contributed by atoms with Crippen molar-refractivity contribution < 1.29 is 102 Å². The second-order valence-electron chi connectivity index (χ2n) is 7.02. The third-order valence-electron chi connectivity index (χ3n) is 4.69. The van der Waals surface area contributed by atoms with Crippen LogP contribution < -0.4 is 0 Å². The molecular formula is C16H3F21O2. The van der Waals surface area contributed by atoms with E-state index in [9.17, 15) is 97.0 Å². The molecule has 23 heteroatoms. The molecule has 0 saturated heterocycles. The summed E-state index contributed by atoms with van der Waals surface area (Å²) >= 11 is 0. The number of rotatable bonds is 8. The summed E-state index contributed by atoms with van der Waals surface area (Å²) in [6.45, 7) is 0. The Balaban J connectivity index is 4.10. The number of esters is 1. The number of alkyl halides is 17. The van der Waals surface area contributed by atoms with Crippen molar-refractivity contribution in [2.45, 2.75) is 47.6 Å². The lowest BCUT2D eigenvalue weighted by molar-refractivity contribution is -0.462. The van der Waals surface area contributed by atoms with Crippen LogP contribution in [-0.2, 0) is 10.7 Å². The van der Waals surface area contributed by atoms with Crippen molar-refractivity contribution in [3.8, 4) is 0 Å². The van der Waals surface area contributed by atoms with Gasteiger partial charge < -0.3 is 4.74 Å². The topological polar surface area (TPSA) is 26.3 Å². The van der Waals surface area contributed by atoms with E-state index in [2.05, 4.69) is 4.74 Å². The predicted molar refractivity (Wildman–Crippen MR) is 77.2 cm³/mol. The molecule has 0 spiro atoms. The third kappa shape index (κ3) is 4.20. The summed E-state index contributed by atoms with van der Waals surface area (Å²) in [6.07, 6.45) is -8.00. The lowest BCUT2D eigenvalue weighted by Crippen LogP contribution is -2.74. The van der Waals surface area contributed by atoms with Gasteiger partial charge in [0.05, 0.1) is 12.7 Å². The Labute approximate surface area is 198 Å². The Morgan fingerprint density at radius 2 is 0.795 bits per heavy atom. The number of carbonyl (C=O) groups is 1. The monoisotopic (exact) mass is 626 g/mol. The summed E-state index contributed by atoms with van der Waals surface area (Å²) in [4.78, 5) is 11.3. The molecule has 0 bridgehead atoms. The Bertz CT molecular complexity index is 1130. The van der Waals surface area contributed by atoms with Crippen LogP contribution in [0.1, 0.15) is 15.9 Å². The number of benzene rings is 1. The van der Waals surface area contributed by atoms with Crippen molar-refractivity contribution in [3.05, 3.63) is 34.4 Å². The Morgan fingerprint density at radius 1 is 0.487 bits per heavy atom. The van der Waals surface area contributed by atoms with Crippen LogP contribution in [0.4, 0.5) is 92.2 Å². The third-order valence-corrected chi connectivity index (χ3v) is 4.69. The van der Waals surface area contributed by atoms with Crippen LogP contribution in [0.15, 0.2) is 0 Å². The molecule has 0 aliphatic carbocycles. The highest BCUT2D eigenvalue weighted by molar-refractivity contribution is 5.92. The van der Waals surface area contributed by atoms with Gasteiger partial charge in [-0.15, -0.1) is 0 Å². The Morgan fingerprint density at radius 3 is 1.13 bits per heavy atom. The molecule has 39 heavy (non-hydrogen) atoms. The number of ether oxygens (including phenoxy) is 1. The van der Waals surface area contributed by atoms with E-state index in [1.807, 2.05) is 0 Å². The number of hydrogen-bond donors (Lipinski definition) is 0. The summed E-state index contributed by atoms with van der Waals surface area (Å²) in [5.74, 6) is -78.4. The van der Waals surface area contributed by atoms with Crippen molar-refractivity contribution in [2.75, 3.05) is 7.11 Å². The summed E-state index contributed by atoms with van der Waals surface area (Å²) < 4.78 is 285. The van der Waals surface area contributed by atoms with Crippen molar-refractivity contribution in [3.63, 3.8) is 0 Å². The summed E-state index contributed by atoms with van der Waals surface area (Å²) in [5, 5.41) is 0. The molecule has 0 saturated carbocycles. The van der Waals surface area contributed by atoms with Crippen molar-refractivity contribution in [1.29, 1.82) is 0 Å². The lowest BCUT2D eigenvalue weighted by atomic mass is 9.85. The van der Waals surface area contributed by atoms with Gasteiger partial charge in [-0.3, -0.25) is 0 Å². The van der Waals surface area contributed by atoms with Gasteiger partial charge >= 0.3 is 53.6 Å². The van der Waals surface area contributed by atoms with Gasteiger partial charge in [0.1, 0.15) is 5.56 Å². The van der Waals surface area contributed by atoms with Crippen LogP contribution in [0.3, 0.4) is 0 Å². The number of carbonyl (C=O) groups excluding carboxylic acids is 1. The largest absolute Gasteiger partial charge is 0.465 e. The number of halogens is 21. The van der Waals surface area contributed by atoms with Crippen molar-refractivity contribution in [2.24, 2.45) is 0 Å². The first-order valence-corrected chi connectivity index (χ1v) is 8.54. The molecular weight excluding hydrogens is 623 g/mol. The quantitative estimate of drug-likeness (QED) is 0.129. The van der Waals surface area contributed by atoms with Crippen LogP contribution in [0.2, 0.25) is 0 Å². The van der Waals surface area contributed by atoms with E-state index in [1.54, 1.807) is 0 Å². The molecule has 0 aliphatic heterocycles. The first-order valence-electron chi connectivity index (χ1n) is 8.54. The van der Waals surface area contributed by atoms with Gasteiger partial charge in [-0.1, -0.05) is 0 Å². The highest BCUT2D eigenvalue weighted by Crippen LogP contribution is 2.65. The van der Waals surface area contributed by atoms with Gasteiger partial charge in [-0.25, -0.2) is 22.4 Å². The highest BCUT2D eigenvalue weighted by Gasteiger charge is 2.95. The zero-order valence-corrected chi connectivity index (χ0v) is 17.3. The van der Waals surface area contributed by atoms with Crippen LogP contribution in [0.5, 0.6) is 0 Å². The van der Waals surface area contributed by atoms with E-state index < -0.39 is 88.0 Å². The van der Waals surface area contributed by atoms with Gasteiger partial charge in [0.15, 0.2) is 23.3 Å². The molecule has 0 unspecified atom stereocenters. The average Bonchev–Trinajstić information content (AvgIpc) is 2.77. The van der Waals surface area contributed by atoms with E-state index in [4.69, 9.17) is 0 Å². The SMILES string of the molecule is COC(=O)c1c(F)c(F)c(F)c(F)c1C(F)(F)C(F)(F)C(F)(F)C(F)(F)C(F)(F)C(F)(F)C(F)(F)C(F)(F)F. The minimum absolute atomic E-state index is 0.0484. The van der Waals surface area contributed by atoms with E-state index >= 15 is 0 Å². The van der Waals surface area contributed by atoms with Gasteiger partial charge in [-0.05, 0) is 0 Å². The molecule has 0 N–H and O–H groups in total. The maximum Gasteiger partial charge on any atom is 0.460 e. The van der Waals surface area contributed by atoms with E-state index in [0.717, 1.165) is 0 Å². The fourth-order valence-electron chi connectivity index (χ4n) is 2.54.